The smallest absolute Gasteiger partial charge is 0.162 e. The van der Waals surface area contributed by atoms with Crippen LogP contribution in [0.3, 0.4) is 0 Å². The van der Waals surface area contributed by atoms with Crippen molar-refractivity contribution in [2.45, 2.75) is 165 Å². The van der Waals surface area contributed by atoms with Crippen LogP contribution in [0, 0.1) is 65.1 Å². The zero-order valence-electron chi connectivity index (χ0n) is 52.5. The monoisotopic (exact) mass is 1260 g/mol. The third kappa shape index (κ3) is 29.6. The molecule has 0 bridgehead atoms. The second-order valence-electron chi connectivity index (χ2n) is 22.7. The summed E-state index contributed by atoms with van der Waals surface area (Å²) in [5, 5.41) is 1.47. The van der Waals surface area contributed by atoms with Crippen molar-refractivity contribution in [3.63, 3.8) is 0 Å². The second kappa shape index (κ2) is 39.7. The minimum absolute atomic E-state index is 0.0331. The summed E-state index contributed by atoms with van der Waals surface area (Å²) in [7, 11) is 0. The Hall–Kier alpha value is -6.07. The summed E-state index contributed by atoms with van der Waals surface area (Å²) in [6.45, 7) is 33.6. The van der Waals surface area contributed by atoms with E-state index >= 15 is 0 Å². The van der Waals surface area contributed by atoms with Crippen molar-refractivity contribution in [1.29, 1.82) is 0 Å². The molecule has 8 rings (SSSR count). The Labute approximate surface area is 522 Å². The minimum Gasteiger partial charge on any atom is -0.207 e. The van der Waals surface area contributed by atoms with Crippen molar-refractivity contribution in [3.05, 3.63) is 281 Å². The Morgan fingerprint density at radius 1 is 0.267 bits per heavy atom. The quantitative estimate of drug-likeness (QED) is 0.133. The van der Waals surface area contributed by atoms with Crippen LogP contribution in [0.5, 0.6) is 0 Å². The molecule has 8 aromatic rings. The van der Waals surface area contributed by atoms with Gasteiger partial charge in [0, 0.05) is 16.1 Å². The van der Waals surface area contributed by atoms with Crippen LogP contribution in [-0.2, 0) is 0 Å². The molecule has 0 spiro atoms. The Morgan fingerprint density at radius 2 is 0.698 bits per heavy atom. The molecule has 0 radical (unpaired) electrons. The van der Waals surface area contributed by atoms with Crippen LogP contribution in [-0.4, -0.2) is 0 Å². The van der Waals surface area contributed by atoms with Gasteiger partial charge in [-0.05, 0) is 195 Å². The van der Waals surface area contributed by atoms with Crippen LogP contribution in [0.1, 0.15) is 208 Å². The van der Waals surface area contributed by atoms with Gasteiger partial charge in [0.2, 0.25) is 0 Å². The molecule has 0 atom stereocenters. The zero-order valence-corrected chi connectivity index (χ0v) is 54.8. The number of rotatable bonds is 8. The van der Waals surface area contributed by atoms with E-state index < -0.39 is 23.3 Å². The maximum atomic E-state index is 13.1. The van der Waals surface area contributed by atoms with E-state index in [1.807, 2.05) is 120 Å². The fraction of sp³-hybridized carbons (Fsp3) is 0.342. The van der Waals surface area contributed by atoms with Gasteiger partial charge in [0.15, 0.2) is 11.6 Å². The maximum absolute atomic E-state index is 13.1. The van der Waals surface area contributed by atoms with E-state index in [0.29, 0.717) is 39.5 Å². The van der Waals surface area contributed by atoms with Gasteiger partial charge >= 0.3 is 0 Å². The molecule has 0 aliphatic heterocycles. The van der Waals surface area contributed by atoms with Crippen molar-refractivity contribution in [2.24, 2.45) is 0 Å². The van der Waals surface area contributed by atoms with E-state index in [9.17, 15) is 43.9 Å². The molecule has 86 heavy (non-hydrogen) atoms. The summed E-state index contributed by atoms with van der Waals surface area (Å²) >= 11 is 16.9. The summed E-state index contributed by atoms with van der Waals surface area (Å²) in [4.78, 5) is 0. The molecule has 0 aliphatic rings. The summed E-state index contributed by atoms with van der Waals surface area (Å²) in [6, 6.07) is 40.8. The van der Waals surface area contributed by atoms with Crippen LogP contribution in [0.25, 0.3) is 0 Å². The summed E-state index contributed by atoms with van der Waals surface area (Å²) in [6.07, 6.45) is 0. The normalized spacial score (nSPS) is 10.6. The largest absolute Gasteiger partial charge is 0.207 e. The van der Waals surface area contributed by atoms with Crippen molar-refractivity contribution < 1.29 is 43.9 Å². The first kappa shape index (κ1) is 77.9. The zero-order chi connectivity index (χ0) is 65.7. The van der Waals surface area contributed by atoms with E-state index in [1.165, 1.54) is 65.7 Å². The molecule has 0 N–H and O–H groups in total. The van der Waals surface area contributed by atoms with E-state index in [1.54, 1.807) is 36.4 Å². The average molecular weight is 1260 g/mol. The third-order valence-electron chi connectivity index (χ3n) is 12.9. The highest BCUT2D eigenvalue weighted by Gasteiger charge is 2.12. The highest BCUT2D eigenvalue weighted by molar-refractivity contribution is 6.31. The Kier molecular flexibility index (Phi) is 35.9. The molecule has 0 aromatic heterocycles. The van der Waals surface area contributed by atoms with Gasteiger partial charge in [-0.1, -0.05) is 206 Å². The van der Waals surface area contributed by atoms with Crippen molar-refractivity contribution in [2.75, 3.05) is 0 Å². The predicted octanol–water partition coefficient (Wildman–Crippen LogP) is 26.1. The molecule has 0 fully saturated rings. The van der Waals surface area contributed by atoms with Crippen LogP contribution >= 0.6 is 34.8 Å². The average Bonchev–Trinajstić information content (AvgIpc) is 3.58. The highest BCUT2D eigenvalue weighted by Crippen LogP contribution is 2.26. The molecule has 13 heteroatoms. The SMILES string of the molecule is CC(C)c1cc(F)cc(F)c1.CC(C)c1cc(F)ccc1F.CC(C)c1ccc(Cl)cc1.CC(C)c1ccc(Cl)cc1F.CC(C)c1ccc(F)c(Cl)c1.CC(C)c1ccc(F)cc1.CC(C)c1cccc(F)c1F.Cc1cccc(F)c1C(C)C. The molecule has 0 heterocycles. The molecule has 0 unspecified atom stereocenters. The van der Waals surface area contributed by atoms with E-state index in [4.69, 9.17) is 34.8 Å². The van der Waals surface area contributed by atoms with Gasteiger partial charge in [-0.15, -0.1) is 0 Å². The second-order valence-corrected chi connectivity index (χ2v) is 23.9. The Bertz CT molecular complexity index is 3130. The van der Waals surface area contributed by atoms with Crippen molar-refractivity contribution in [3.8, 4) is 0 Å². The minimum atomic E-state index is -0.767. The van der Waals surface area contributed by atoms with Crippen LogP contribution in [0.15, 0.2) is 158 Å². The van der Waals surface area contributed by atoms with Gasteiger partial charge in [0.1, 0.15) is 46.5 Å². The van der Waals surface area contributed by atoms with E-state index in [0.717, 1.165) is 51.5 Å². The molecule has 0 saturated carbocycles. The van der Waals surface area contributed by atoms with Crippen LogP contribution in [0.2, 0.25) is 15.1 Å². The van der Waals surface area contributed by atoms with Gasteiger partial charge in [0.05, 0.1) is 5.02 Å². The standard InChI is InChI=1S/C10H13F.2C9H10ClF.C9H11Cl.3C9H10F2.C9H11F/c1-7(2)10-8(3)5-4-6-9(10)11;1-6(2)8-4-3-7(10)5-9(8)11;1-6(2)7-3-4-9(11)8(10)5-7;1-7(2)8-3-5-9(10)6-4-8;1-6(2)7-3-8(10)5-9(11)4-7;1-6(2)8-5-7(10)3-4-9(8)11;1-6(2)7-4-3-5-8(10)9(7)11;1-7(2)8-3-5-9(10)6-4-8/h4-7H,1-3H3;2*3-6H,1-2H3;3-7H,1-2H3;3*3-6H,1-2H3;3-7H,1-2H3. The van der Waals surface area contributed by atoms with Gasteiger partial charge in [-0.2, -0.15) is 0 Å². The topological polar surface area (TPSA) is 0 Å². The van der Waals surface area contributed by atoms with Crippen molar-refractivity contribution in [1.82, 2.24) is 0 Å². The maximum Gasteiger partial charge on any atom is 0.162 e. The molecule has 0 saturated heterocycles. The number of aryl methyl sites for hydroxylation is 1. The van der Waals surface area contributed by atoms with Crippen LogP contribution in [0.4, 0.5) is 43.9 Å². The van der Waals surface area contributed by atoms with Gasteiger partial charge < -0.3 is 0 Å². The molecule has 0 amide bonds. The number of hydrogen-bond acceptors (Lipinski definition) is 0. The lowest BCUT2D eigenvalue weighted by molar-refractivity contribution is 0.494. The third-order valence-corrected chi connectivity index (χ3v) is 13.6. The summed E-state index contributed by atoms with van der Waals surface area (Å²) in [5.41, 5.74) is 7.75. The van der Waals surface area contributed by atoms with Crippen LogP contribution < -0.4 is 0 Å². The molecular weight excluding hydrogens is 1170 g/mol. The lowest BCUT2D eigenvalue weighted by atomic mass is 9.98. The Morgan fingerprint density at radius 3 is 1.10 bits per heavy atom. The van der Waals surface area contributed by atoms with E-state index in [-0.39, 0.29) is 69.5 Å². The first-order valence-electron chi connectivity index (χ1n) is 28.6. The van der Waals surface area contributed by atoms with Gasteiger partial charge in [-0.3, -0.25) is 0 Å². The lowest BCUT2D eigenvalue weighted by Crippen LogP contribution is -1.95. The summed E-state index contributed by atoms with van der Waals surface area (Å²) in [5.74, 6) is -1.82. The van der Waals surface area contributed by atoms with E-state index in [2.05, 4.69) is 39.8 Å². The molecule has 0 aliphatic carbocycles. The molecular formula is C73H85Cl3F10. The fourth-order valence-electron chi connectivity index (χ4n) is 7.74. The van der Waals surface area contributed by atoms with Gasteiger partial charge in [-0.25, -0.2) is 43.9 Å². The molecule has 468 valence electrons. The van der Waals surface area contributed by atoms with Gasteiger partial charge in [0.25, 0.3) is 0 Å². The lowest BCUT2D eigenvalue weighted by Gasteiger charge is -2.09. The number of halogens is 13. The van der Waals surface area contributed by atoms with Crippen molar-refractivity contribution >= 4 is 34.8 Å². The predicted molar refractivity (Wildman–Crippen MR) is 344 cm³/mol. The first-order chi connectivity index (χ1) is 40.1. The Balaban J connectivity index is 0.000000492. The number of benzene rings is 8. The number of hydrogen-bond donors (Lipinski definition) is 0. The molecule has 0 nitrogen and oxygen atoms in total. The first-order valence-corrected chi connectivity index (χ1v) is 29.7. The fourth-order valence-corrected chi connectivity index (χ4v) is 8.22. The summed E-state index contributed by atoms with van der Waals surface area (Å²) < 4.78 is 127. The molecule has 8 aromatic carbocycles. The highest BCUT2D eigenvalue weighted by atomic mass is 35.5.